The van der Waals surface area contributed by atoms with Crippen molar-refractivity contribution in [3.05, 3.63) is 28.3 Å². The second kappa shape index (κ2) is 7.14. The average molecular weight is 342 g/mol. The molecule has 8 heteroatoms. The largest absolute Gasteiger partial charge is 0.484 e. The zero-order chi connectivity index (χ0) is 17.0. The minimum atomic E-state index is -0.426. The first kappa shape index (κ1) is 17.5. The quantitative estimate of drug-likeness (QED) is 0.355. The number of hydrogen-bond donors (Lipinski definition) is 1. The van der Waals surface area contributed by atoms with Crippen LogP contribution in [-0.2, 0) is 4.79 Å². The highest BCUT2D eigenvalue weighted by Crippen LogP contribution is 2.38. The fourth-order valence-corrected chi connectivity index (χ4v) is 2.59. The summed E-state index contributed by atoms with van der Waals surface area (Å²) in [4.78, 5) is 21.3. The molecule has 0 atom stereocenters. The van der Waals surface area contributed by atoms with Crippen molar-refractivity contribution in [2.75, 3.05) is 18.1 Å². The Balaban J connectivity index is 2.08. The summed E-state index contributed by atoms with van der Waals surface area (Å²) >= 11 is 5.31. The zero-order valence-electron chi connectivity index (χ0n) is 13.2. The smallest absolute Gasteiger partial charge is 0.271 e. The molecule has 0 saturated heterocycles. The molecule has 7 nitrogen and oxygen atoms in total. The number of unbranched alkanes of at least 4 members (excludes halogenated alkanes) is 1. The lowest BCUT2D eigenvalue weighted by Crippen LogP contribution is -2.52. The Labute approximate surface area is 139 Å². The normalized spacial score (nSPS) is 15.7. The van der Waals surface area contributed by atoms with Gasteiger partial charge in [-0.25, -0.2) is 5.43 Å². The van der Waals surface area contributed by atoms with Crippen molar-refractivity contribution >= 4 is 28.2 Å². The van der Waals surface area contributed by atoms with Crippen LogP contribution in [0, 0.1) is 10.1 Å². The number of carbonyl (C=O) groups excluding carboxylic acids is 1. The van der Waals surface area contributed by atoms with Crippen molar-refractivity contribution in [3.63, 3.8) is 0 Å². The van der Waals surface area contributed by atoms with Crippen molar-refractivity contribution in [1.29, 1.82) is 0 Å². The van der Waals surface area contributed by atoms with Crippen molar-refractivity contribution < 1.29 is 14.5 Å². The second-order valence-electron chi connectivity index (χ2n) is 6.08. The van der Waals surface area contributed by atoms with Gasteiger partial charge in [-0.2, -0.15) is 0 Å². The van der Waals surface area contributed by atoms with E-state index in [1.807, 2.05) is 18.9 Å². The molecule has 0 unspecified atom stereocenters. The van der Waals surface area contributed by atoms with E-state index in [0.717, 1.165) is 6.42 Å². The van der Waals surface area contributed by atoms with Crippen LogP contribution < -0.4 is 15.2 Å². The summed E-state index contributed by atoms with van der Waals surface area (Å²) in [5, 5.41) is 12.5. The Hall–Kier alpha value is -1.86. The maximum atomic E-state index is 11.0. The van der Waals surface area contributed by atoms with E-state index in [2.05, 4.69) is 5.43 Å². The molecule has 1 heterocycles. The van der Waals surface area contributed by atoms with E-state index in [-0.39, 0.29) is 10.9 Å². The molecule has 0 fully saturated rings. The number of nitro groups is 1. The molecule has 1 aliphatic rings. The van der Waals surface area contributed by atoms with Gasteiger partial charge in [0.05, 0.1) is 11.5 Å². The van der Waals surface area contributed by atoms with E-state index >= 15 is 0 Å². The maximum absolute atomic E-state index is 11.0. The molecule has 1 N–H and O–H groups in total. The average Bonchev–Trinajstić information content (AvgIpc) is 2.44. The Kier molecular flexibility index (Phi) is 5.43. The first-order chi connectivity index (χ1) is 10.8. The fraction of sp³-hybridized carbons (Fsp3) is 0.533. The number of rotatable bonds is 7. The molecule has 1 aromatic rings. The zero-order valence-corrected chi connectivity index (χ0v) is 13.9. The van der Waals surface area contributed by atoms with Crippen LogP contribution in [0.2, 0.25) is 0 Å². The number of nitrogens with one attached hydrogen (secondary N) is 1. The third-order valence-electron chi connectivity index (χ3n) is 3.47. The molecule has 0 saturated carbocycles. The number of carbonyl (C=O) groups is 1. The Bertz CT molecular complexity index is 606. The molecular formula is C15H20ClN3O4. The van der Waals surface area contributed by atoms with Crippen LogP contribution in [0.15, 0.2) is 18.2 Å². The maximum Gasteiger partial charge on any atom is 0.271 e. The highest BCUT2D eigenvalue weighted by atomic mass is 35.5. The van der Waals surface area contributed by atoms with Crippen LogP contribution in [0.5, 0.6) is 5.75 Å². The lowest BCUT2D eigenvalue weighted by molar-refractivity contribution is -0.384. The summed E-state index contributed by atoms with van der Waals surface area (Å²) < 4.78 is 5.88. The van der Waals surface area contributed by atoms with E-state index in [0.29, 0.717) is 37.4 Å². The molecule has 0 radical (unpaired) electrons. The summed E-state index contributed by atoms with van der Waals surface area (Å²) in [6, 6.07) is 4.56. The lowest BCUT2D eigenvalue weighted by atomic mass is 10.1. The fourth-order valence-electron chi connectivity index (χ4n) is 2.46. The third kappa shape index (κ3) is 4.80. The van der Waals surface area contributed by atoms with Crippen LogP contribution in [0.4, 0.5) is 11.4 Å². The van der Waals surface area contributed by atoms with Gasteiger partial charge in [-0.3, -0.25) is 14.9 Å². The molecular weight excluding hydrogens is 322 g/mol. The van der Waals surface area contributed by atoms with E-state index < -0.39 is 10.5 Å². The van der Waals surface area contributed by atoms with Crippen molar-refractivity contribution in [2.24, 2.45) is 0 Å². The molecule has 0 aliphatic carbocycles. The number of halogens is 1. The predicted octanol–water partition coefficient (Wildman–Crippen LogP) is 3.01. The van der Waals surface area contributed by atoms with Gasteiger partial charge in [-0.05, 0) is 44.4 Å². The highest BCUT2D eigenvalue weighted by Gasteiger charge is 2.32. The molecule has 0 amide bonds. The van der Waals surface area contributed by atoms with E-state index in [4.69, 9.17) is 16.3 Å². The molecule has 23 heavy (non-hydrogen) atoms. The number of nitro benzene ring substituents is 1. The van der Waals surface area contributed by atoms with E-state index in [9.17, 15) is 14.9 Å². The van der Waals surface area contributed by atoms with Crippen LogP contribution in [-0.4, -0.2) is 28.9 Å². The number of fused-ring (bicyclic) bond motifs is 1. The Morgan fingerprint density at radius 3 is 2.87 bits per heavy atom. The number of hydrogen-bond acceptors (Lipinski definition) is 6. The van der Waals surface area contributed by atoms with Crippen LogP contribution in [0.25, 0.3) is 0 Å². The van der Waals surface area contributed by atoms with Crippen LogP contribution in [0.3, 0.4) is 0 Å². The van der Waals surface area contributed by atoms with Gasteiger partial charge in [-0.1, -0.05) is 0 Å². The van der Waals surface area contributed by atoms with Crippen LogP contribution in [0.1, 0.15) is 33.1 Å². The second-order valence-corrected chi connectivity index (χ2v) is 6.50. The minimum absolute atomic E-state index is 0.0200. The van der Waals surface area contributed by atoms with Crippen molar-refractivity contribution in [1.82, 2.24) is 5.43 Å². The van der Waals surface area contributed by atoms with Gasteiger partial charge in [0.15, 0.2) is 0 Å². The Morgan fingerprint density at radius 1 is 1.48 bits per heavy atom. The lowest BCUT2D eigenvalue weighted by Gasteiger charge is -2.40. The van der Waals surface area contributed by atoms with Gasteiger partial charge in [-0.15, -0.1) is 0 Å². The highest BCUT2D eigenvalue weighted by molar-refractivity contribution is 6.63. The van der Waals surface area contributed by atoms with E-state index in [1.165, 1.54) is 12.1 Å². The van der Waals surface area contributed by atoms with Crippen molar-refractivity contribution in [2.45, 2.75) is 38.7 Å². The molecule has 0 spiro atoms. The third-order valence-corrected chi connectivity index (χ3v) is 3.66. The van der Waals surface area contributed by atoms with Gasteiger partial charge in [0.2, 0.25) is 5.24 Å². The SMILES string of the molecule is CC1(C)CN(NCCCCC(=O)Cl)c2cc([N+](=O)[O-])ccc2O1. The summed E-state index contributed by atoms with van der Waals surface area (Å²) in [6.07, 6.45) is 1.82. The van der Waals surface area contributed by atoms with E-state index in [1.54, 1.807) is 6.07 Å². The molecule has 0 bridgehead atoms. The standard InChI is InChI=1S/C15H20ClN3O4/c1-15(2)10-18(17-8-4-3-5-14(16)20)12-9-11(19(21)22)6-7-13(12)23-15/h6-7,9,17H,3-5,8,10H2,1-2H3. The molecule has 1 aliphatic heterocycles. The first-order valence-electron chi connectivity index (χ1n) is 7.45. The number of ether oxygens (including phenoxy) is 1. The van der Waals surface area contributed by atoms with Crippen molar-refractivity contribution in [3.8, 4) is 5.75 Å². The van der Waals surface area contributed by atoms with Crippen LogP contribution >= 0.6 is 11.6 Å². The summed E-state index contributed by atoms with van der Waals surface area (Å²) in [6.45, 7) is 5.11. The molecule has 0 aromatic heterocycles. The topological polar surface area (TPSA) is 84.7 Å². The van der Waals surface area contributed by atoms with Gasteiger partial charge in [0.1, 0.15) is 17.0 Å². The monoisotopic (exact) mass is 341 g/mol. The predicted molar refractivity (Wildman–Crippen MR) is 87.9 cm³/mol. The van der Waals surface area contributed by atoms with Gasteiger partial charge < -0.3 is 9.75 Å². The summed E-state index contributed by atoms with van der Waals surface area (Å²) in [5.41, 5.74) is 3.50. The minimum Gasteiger partial charge on any atom is -0.484 e. The number of nitrogens with zero attached hydrogens (tertiary/aromatic N) is 2. The molecule has 1 aromatic carbocycles. The number of hydrazine groups is 1. The number of non-ortho nitro benzene ring substituents is 1. The molecule has 2 rings (SSSR count). The first-order valence-corrected chi connectivity index (χ1v) is 7.83. The Morgan fingerprint density at radius 2 is 2.22 bits per heavy atom. The van der Waals surface area contributed by atoms with Gasteiger partial charge >= 0.3 is 0 Å². The van der Waals surface area contributed by atoms with Gasteiger partial charge in [0.25, 0.3) is 5.69 Å². The summed E-state index contributed by atoms with van der Waals surface area (Å²) in [7, 11) is 0. The molecule has 126 valence electrons. The number of benzene rings is 1. The van der Waals surface area contributed by atoms with Gasteiger partial charge in [0, 0.05) is 25.1 Å². The number of anilines is 1. The summed E-state index contributed by atoms with van der Waals surface area (Å²) in [5.74, 6) is 0.607.